The number of anilines is 1. The first-order valence-electron chi connectivity index (χ1n) is 7.49. The topological polar surface area (TPSA) is 67.4 Å². The highest BCUT2D eigenvalue weighted by atomic mass is 79.9. The van der Waals surface area contributed by atoms with Crippen LogP contribution in [0.4, 0.5) is 5.69 Å². The average molecular weight is 391 g/mol. The van der Waals surface area contributed by atoms with Gasteiger partial charge in [-0.25, -0.2) is 0 Å². The molecule has 2 amide bonds. The molecule has 0 fully saturated rings. The largest absolute Gasteiger partial charge is 0.484 e. The number of benzene rings is 2. The first kappa shape index (κ1) is 18.0. The van der Waals surface area contributed by atoms with Crippen LogP contribution in [0.15, 0.2) is 53.0 Å². The van der Waals surface area contributed by atoms with Gasteiger partial charge in [-0.15, -0.1) is 0 Å². The maximum Gasteiger partial charge on any atom is 0.258 e. The molecule has 5 nitrogen and oxygen atoms in total. The van der Waals surface area contributed by atoms with Gasteiger partial charge in [0.1, 0.15) is 5.75 Å². The van der Waals surface area contributed by atoms with E-state index in [2.05, 4.69) is 26.6 Å². The van der Waals surface area contributed by atoms with Crippen molar-refractivity contribution in [3.63, 3.8) is 0 Å². The number of ether oxygens (including phenoxy) is 1. The van der Waals surface area contributed by atoms with E-state index in [1.807, 2.05) is 31.2 Å². The second-order valence-corrected chi connectivity index (χ2v) is 6.25. The van der Waals surface area contributed by atoms with Crippen LogP contribution in [0.3, 0.4) is 0 Å². The van der Waals surface area contributed by atoms with Crippen LogP contribution in [0.2, 0.25) is 0 Å². The molecule has 0 saturated carbocycles. The molecule has 24 heavy (non-hydrogen) atoms. The highest BCUT2D eigenvalue weighted by Crippen LogP contribution is 2.17. The third-order valence-corrected chi connectivity index (χ3v) is 3.82. The average Bonchev–Trinajstić information content (AvgIpc) is 2.54. The molecule has 0 aliphatic heterocycles. The van der Waals surface area contributed by atoms with Crippen LogP contribution >= 0.6 is 15.9 Å². The summed E-state index contributed by atoms with van der Waals surface area (Å²) in [6, 6.07) is 14.5. The van der Waals surface area contributed by atoms with Crippen molar-refractivity contribution in [2.24, 2.45) is 0 Å². The van der Waals surface area contributed by atoms with Crippen LogP contribution in [0.5, 0.6) is 5.75 Å². The first-order valence-corrected chi connectivity index (χ1v) is 8.28. The quantitative estimate of drug-likeness (QED) is 0.790. The summed E-state index contributed by atoms with van der Waals surface area (Å²) >= 11 is 3.38. The Labute approximate surface area is 149 Å². The minimum atomic E-state index is -0.198. The van der Waals surface area contributed by atoms with E-state index in [9.17, 15) is 9.59 Å². The lowest BCUT2D eigenvalue weighted by Gasteiger charge is -2.15. The SMILES string of the molecule is CC(=O)Nc1ccc(OCC(=O)N[C@H](C)c2ccc(Br)cc2)cc1. The molecule has 0 spiro atoms. The Morgan fingerprint density at radius 2 is 1.71 bits per heavy atom. The van der Waals surface area contributed by atoms with Gasteiger partial charge in [-0.05, 0) is 48.9 Å². The van der Waals surface area contributed by atoms with Gasteiger partial charge in [-0.3, -0.25) is 9.59 Å². The highest BCUT2D eigenvalue weighted by Gasteiger charge is 2.10. The van der Waals surface area contributed by atoms with Crippen molar-refractivity contribution in [2.45, 2.75) is 19.9 Å². The summed E-state index contributed by atoms with van der Waals surface area (Å²) in [7, 11) is 0. The molecule has 0 aromatic heterocycles. The fourth-order valence-corrected chi connectivity index (χ4v) is 2.37. The number of rotatable bonds is 6. The van der Waals surface area contributed by atoms with Gasteiger partial charge in [-0.2, -0.15) is 0 Å². The van der Waals surface area contributed by atoms with E-state index in [1.165, 1.54) is 6.92 Å². The van der Waals surface area contributed by atoms with Crippen molar-refractivity contribution in [1.82, 2.24) is 5.32 Å². The Balaban J connectivity index is 1.82. The molecule has 0 bridgehead atoms. The molecular formula is C18H19BrN2O3. The minimum Gasteiger partial charge on any atom is -0.484 e. The lowest BCUT2D eigenvalue weighted by atomic mass is 10.1. The van der Waals surface area contributed by atoms with E-state index in [-0.39, 0.29) is 24.5 Å². The summed E-state index contributed by atoms with van der Waals surface area (Å²) in [4.78, 5) is 22.9. The van der Waals surface area contributed by atoms with Crippen LogP contribution in [0.25, 0.3) is 0 Å². The van der Waals surface area contributed by atoms with Gasteiger partial charge in [-0.1, -0.05) is 28.1 Å². The molecule has 1 atom stereocenters. The van der Waals surface area contributed by atoms with E-state index >= 15 is 0 Å². The predicted octanol–water partition coefficient (Wildman–Crippen LogP) is 3.66. The van der Waals surface area contributed by atoms with Crippen LogP contribution in [0, 0.1) is 0 Å². The van der Waals surface area contributed by atoms with Gasteiger partial charge in [0.05, 0.1) is 6.04 Å². The third-order valence-electron chi connectivity index (χ3n) is 3.29. The second-order valence-electron chi connectivity index (χ2n) is 5.33. The molecule has 0 unspecified atom stereocenters. The number of nitrogens with one attached hydrogen (secondary N) is 2. The van der Waals surface area contributed by atoms with Gasteiger partial charge >= 0.3 is 0 Å². The van der Waals surface area contributed by atoms with Crippen LogP contribution in [0.1, 0.15) is 25.5 Å². The van der Waals surface area contributed by atoms with Crippen LogP contribution in [-0.4, -0.2) is 18.4 Å². The number of amides is 2. The fraction of sp³-hybridized carbons (Fsp3) is 0.222. The van der Waals surface area contributed by atoms with Crippen molar-refractivity contribution in [1.29, 1.82) is 0 Å². The summed E-state index contributed by atoms with van der Waals surface area (Å²) < 4.78 is 6.45. The molecular weight excluding hydrogens is 372 g/mol. The predicted molar refractivity (Wildman–Crippen MR) is 96.9 cm³/mol. The molecule has 126 valence electrons. The lowest BCUT2D eigenvalue weighted by molar-refractivity contribution is -0.123. The third kappa shape index (κ3) is 5.70. The minimum absolute atomic E-state index is 0.0691. The fourth-order valence-electron chi connectivity index (χ4n) is 2.10. The number of halogens is 1. The lowest BCUT2D eigenvalue weighted by Crippen LogP contribution is -2.31. The van der Waals surface area contributed by atoms with E-state index in [1.54, 1.807) is 24.3 Å². The Morgan fingerprint density at radius 1 is 1.08 bits per heavy atom. The van der Waals surface area contributed by atoms with Crippen molar-refractivity contribution in [3.05, 3.63) is 58.6 Å². The Hall–Kier alpha value is -2.34. The maximum atomic E-state index is 12.0. The van der Waals surface area contributed by atoms with Gasteiger partial charge < -0.3 is 15.4 Å². The second kappa shape index (κ2) is 8.49. The molecule has 2 aromatic carbocycles. The van der Waals surface area contributed by atoms with Gasteiger partial charge in [0.15, 0.2) is 6.61 Å². The molecule has 2 aromatic rings. The van der Waals surface area contributed by atoms with Gasteiger partial charge in [0.25, 0.3) is 5.91 Å². The molecule has 0 heterocycles. The summed E-state index contributed by atoms with van der Waals surface area (Å²) in [6.07, 6.45) is 0. The molecule has 2 N–H and O–H groups in total. The van der Waals surface area contributed by atoms with Crippen LogP contribution in [-0.2, 0) is 9.59 Å². The smallest absolute Gasteiger partial charge is 0.258 e. The zero-order valence-corrected chi connectivity index (χ0v) is 15.1. The van der Waals surface area contributed by atoms with Crippen LogP contribution < -0.4 is 15.4 Å². The van der Waals surface area contributed by atoms with E-state index < -0.39 is 0 Å². The highest BCUT2D eigenvalue weighted by molar-refractivity contribution is 9.10. The molecule has 0 radical (unpaired) electrons. The van der Waals surface area contributed by atoms with Crippen molar-refractivity contribution in [3.8, 4) is 5.75 Å². The summed E-state index contributed by atoms with van der Waals surface area (Å²) in [5.74, 6) is 0.233. The van der Waals surface area contributed by atoms with Crippen molar-refractivity contribution >= 4 is 33.4 Å². The summed E-state index contributed by atoms with van der Waals surface area (Å²) in [5.41, 5.74) is 1.70. The number of carbonyl (C=O) groups is 2. The van der Waals surface area contributed by atoms with E-state index in [0.29, 0.717) is 11.4 Å². The number of hydrogen-bond donors (Lipinski definition) is 2. The normalized spacial score (nSPS) is 11.5. The van der Waals surface area contributed by atoms with Gasteiger partial charge in [0.2, 0.25) is 5.91 Å². The van der Waals surface area contributed by atoms with E-state index in [0.717, 1.165) is 10.0 Å². The molecule has 0 aliphatic rings. The summed E-state index contributed by atoms with van der Waals surface area (Å²) in [5, 5.41) is 5.56. The standard InChI is InChI=1S/C18H19BrN2O3/c1-12(14-3-5-15(19)6-4-14)20-18(23)11-24-17-9-7-16(8-10-17)21-13(2)22/h3-10,12H,11H2,1-2H3,(H,20,23)(H,21,22)/t12-/m1/s1. The number of hydrogen-bond acceptors (Lipinski definition) is 3. The number of carbonyl (C=O) groups excluding carboxylic acids is 2. The zero-order valence-electron chi connectivity index (χ0n) is 13.5. The first-order chi connectivity index (χ1) is 11.4. The summed E-state index contributed by atoms with van der Waals surface area (Å²) in [6.45, 7) is 3.30. The molecule has 0 aliphatic carbocycles. The van der Waals surface area contributed by atoms with E-state index in [4.69, 9.17) is 4.74 Å². The maximum absolute atomic E-state index is 12.0. The molecule has 6 heteroatoms. The van der Waals surface area contributed by atoms with Crippen molar-refractivity contribution < 1.29 is 14.3 Å². The zero-order chi connectivity index (χ0) is 17.5. The Morgan fingerprint density at radius 3 is 2.29 bits per heavy atom. The monoisotopic (exact) mass is 390 g/mol. The van der Waals surface area contributed by atoms with Crippen molar-refractivity contribution in [2.75, 3.05) is 11.9 Å². The Kier molecular flexibility index (Phi) is 6.37. The molecule has 0 saturated heterocycles. The Bertz CT molecular complexity index is 699. The molecule has 2 rings (SSSR count). The van der Waals surface area contributed by atoms with Gasteiger partial charge in [0, 0.05) is 17.1 Å².